The molecule has 0 heterocycles. The first kappa shape index (κ1) is 10.4. The van der Waals surface area contributed by atoms with E-state index >= 15 is 0 Å². The lowest BCUT2D eigenvalue weighted by Crippen LogP contribution is -2.29. The summed E-state index contributed by atoms with van der Waals surface area (Å²) in [4.78, 5) is 0. The van der Waals surface area contributed by atoms with Crippen LogP contribution in [0, 0.1) is 0 Å². The van der Waals surface area contributed by atoms with E-state index in [0.29, 0.717) is 5.25 Å². The lowest BCUT2D eigenvalue weighted by molar-refractivity contribution is 0.137. The van der Waals surface area contributed by atoms with Crippen LogP contribution in [0.5, 0.6) is 0 Å². The van der Waals surface area contributed by atoms with E-state index < -0.39 is 0 Å². The fourth-order valence-electron chi connectivity index (χ4n) is 1.55. The van der Waals surface area contributed by atoms with Crippen LogP contribution in [0.1, 0.15) is 32.6 Å². The van der Waals surface area contributed by atoms with Crippen LogP contribution in [0.4, 0.5) is 0 Å². The van der Waals surface area contributed by atoms with Crippen molar-refractivity contribution in [3.05, 3.63) is 0 Å². The highest BCUT2D eigenvalue weighted by molar-refractivity contribution is 8.00. The van der Waals surface area contributed by atoms with Gasteiger partial charge < -0.3 is 10.8 Å². The van der Waals surface area contributed by atoms with Gasteiger partial charge in [-0.25, -0.2) is 0 Å². The molecule has 0 aliphatic heterocycles. The summed E-state index contributed by atoms with van der Waals surface area (Å²) in [6, 6.07) is 0.254. The Bertz CT molecular complexity index is 130. The van der Waals surface area contributed by atoms with Gasteiger partial charge in [-0.2, -0.15) is 11.8 Å². The van der Waals surface area contributed by atoms with Gasteiger partial charge >= 0.3 is 0 Å². The first-order valence-corrected chi connectivity index (χ1v) is 5.80. The van der Waals surface area contributed by atoms with Gasteiger partial charge in [-0.15, -0.1) is 0 Å². The van der Waals surface area contributed by atoms with Gasteiger partial charge in [0.05, 0.1) is 6.10 Å². The quantitative estimate of drug-likeness (QED) is 0.705. The van der Waals surface area contributed by atoms with Crippen LogP contribution in [0.25, 0.3) is 0 Å². The second kappa shape index (κ2) is 5.10. The van der Waals surface area contributed by atoms with E-state index in [4.69, 9.17) is 5.73 Å². The van der Waals surface area contributed by atoms with E-state index in [1.165, 1.54) is 19.3 Å². The molecule has 0 amide bonds. The second-order valence-corrected chi connectivity index (χ2v) is 4.97. The van der Waals surface area contributed by atoms with Crippen molar-refractivity contribution >= 4 is 11.8 Å². The first-order chi connectivity index (χ1) is 5.70. The highest BCUT2D eigenvalue weighted by Crippen LogP contribution is 2.28. The molecule has 1 saturated carbocycles. The summed E-state index contributed by atoms with van der Waals surface area (Å²) in [6.07, 6.45) is 4.53. The maximum Gasteiger partial charge on any atom is 0.0658 e. The highest BCUT2D eigenvalue weighted by atomic mass is 32.2. The van der Waals surface area contributed by atoms with Crippen molar-refractivity contribution in [2.75, 3.05) is 5.75 Å². The Labute approximate surface area is 78.9 Å². The topological polar surface area (TPSA) is 46.2 Å². The number of aliphatic hydroxyl groups is 1. The predicted molar refractivity (Wildman–Crippen MR) is 54.4 cm³/mol. The zero-order chi connectivity index (χ0) is 8.97. The lowest BCUT2D eigenvalue weighted by Gasteiger charge is -2.27. The molecule has 2 nitrogen and oxygen atoms in total. The summed E-state index contributed by atoms with van der Waals surface area (Å²) in [6.45, 7) is 2.02. The van der Waals surface area contributed by atoms with Crippen LogP contribution in [-0.2, 0) is 0 Å². The Morgan fingerprint density at radius 2 is 2.17 bits per heavy atom. The van der Waals surface area contributed by atoms with Gasteiger partial charge in [-0.05, 0) is 19.8 Å². The normalized spacial score (nSPS) is 33.2. The monoisotopic (exact) mass is 189 g/mol. The molecule has 3 unspecified atom stereocenters. The summed E-state index contributed by atoms with van der Waals surface area (Å²) in [5.41, 5.74) is 5.65. The van der Waals surface area contributed by atoms with Crippen LogP contribution >= 0.6 is 11.8 Å². The van der Waals surface area contributed by atoms with Crippen molar-refractivity contribution in [1.82, 2.24) is 0 Å². The molecule has 0 spiro atoms. The molecule has 1 aliphatic rings. The maximum atomic E-state index is 9.62. The summed E-state index contributed by atoms with van der Waals surface area (Å²) >= 11 is 1.84. The third kappa shape index (κ3) is 3.33. The molecular weight excluding hydrogens is 170 g/mol. The van der Waals surface area contributed by atoms with Gasteiger partial charge in [0.25, 0.3) is 0 Å². The van der Waals surface area contributed by atoms with E-state index in [2.05, 4.69) is 0 Å². The third-order valence-electron chi connectivity index (χ3n) is 2.24. The number of aliphatic hydroxyl groups excluding tert-OH is 1. The van der Waals surface area contributed by atoms with E-state index in [9.17, 15) is 5.11 Å². The number of rotatable bonds is 3. The molecule has 0 aromatic carbocycles. The molecule has 0 bridgehead atoms. The standard InChI is InChI=1S/C9H19NOS/c1-7(10)6-12-9-5-3-2-4-8(9)11/h7-9,11H,2-6,10H2,1H3. The second-order valence-electron chi connectivity index (χ2n) is 3.70. The summed E-state index contributed by atoms with van der Waals surface area (Å²) in [5, 5.41) is 10.1. The third-order valence-corrected chi connectivity index (χ3v) is 3.94. The Morgan fingerprint density at radius 1 is 1.50 bits per heavy atom. The molecule has 0 aromatic rings. The van der Waals surface area contributed by atoms with Crippen LogP contribution in [-0.4, -0.2) is 28.3 Å². The van der Waals surface area contributed by atoms with E-state index in [1.807, 2.05) is 18.7 Å². The molecule has 3 N–H and O–H groups in total. The summed E-state index contributed by atoms with van der Waals surface area (Å²) in [5.74, 6) is 0.974. The highest BCUT2D eigenvalue weighted by Gasteiger charge is 2.23. The number of hydrogen-bond donors (Lipinski definition) is 2. The number of nitrogens with two attached hydrogens (primary N) is 1. The van der Waals surface area contributed by atoms with Gasteiger partial charge in [0.1, 0.15) is 0 Å². The van der Waals surface area contributed by atoms with Crippen LogP contribution < -0.4 is 5.73 Å². The molecule has 0 saturated heterocycles. The van der Waals surface area contributed by atoms with Crippen LogP contribution in [0.2, 0.25) is 0 Å². The fraction of sp³-hybridized carbons (Fsp3) is 1.00. The Hall–Kier alpha value is 0.270. The van der Waals surface area contributed by atoms with Crippen molar-refractivity contribution in [2.45, 2.75) is 50.0 Å². The molecule has 3 heteroatoms. The lowest BCUT2D eigenvalue weighted by atomic mass is 9.97. The molecule has 0 aromatic heterocycles. The van der Waals surface area contributed by atoms with Gasteiger partial charge in [-0.1, -0.05) is 12.8 Å². The van der Waals surface area contributed by atoms with Gasteiger partial charge in [0.15, 0.2) is 0 Å². The minimum absolute atomic E-state index is 0.0810. The zero-order valence-electron chi connectivity index (χ0n) is 7.70. The molecule has 12 heavy (non-hydrogen) atoms. The van der Waals surface area contributed by atoms with Crippen LogP contribution in [0.3, 0.4) is 0 Å². The molecule has 3 atom stereocenters. The van der Waals surface area contributed by atoms with Gasteiger partial charge in [-0.3, -0.25) is 0 Å². The smallest absolute Gasteiger partial charge is 0.0658 e. The van der Waals surface area contributed by atoms with E-state index in [0.717, 1.165) is 12.2 Å². The van der Waals surface area contributed by atoms with Gasteiger partial charge in [0.2, 0.25) is 0 Å². The zero-order valence-corrected chi connectivity index (χ0v) is 8.52. The molecular formula is C9H19NOS. The molecule has 1 aliphatic carbocycles. The van der Waals surface area contributed by atoms with Crippen molar-refractivity contribution < 1.29 is 5.11 Å². The van der Waals surface area contributed by atoms with Crippen molar-refractivity contribution in [3.63, 3.8) is 0 Å². The maximum absolute atomic E-state index is 9.62. The fourth-order valence-corrected chi connectivity index (χ4v) is 2.79. The molecule has 72 valence electrons. The minimum atomic E-state index is -0.0810. The molecule has 0 radical (unpaired) electrons. The molecule has 1 fully saturated rings. The van der Waals surface area contributed by atoms with Crippen molar-refractivity contribution in [3.8, 4) is 0 Å². The Morgan fingerprint density at radius 3 is 2.75 bits per heavy atom. The Balaban J connectivity index is 2.20. The van der Waals surface area contributed by atoms with E-state index in [-0.39, 0.29) is 12.1 Å². The van der Waals surface area contributed by atoms with Gasteiger partial charge in [0, 0.05) is 17.0 Å². The first-order valence-electron chi connectivity index (χ1n) is 4.75. The van der Waals surface area contributed by atoms with Crippen molar-refractivity contribution in [1.29, 1.82) is 0 Å². The largest absolute Gasteiger partial charge is 0.392 e. The summed E-state index contributed by atoms with van der Waals surface area (Å²) in [7, 11) is 0. The average Bonchev–Trinajstić information content (AvgIpc) is 2.03. The predicted octanol–water partition coefficient (Wildman–Crippen LogP) is 1.37. The molecule has 1 rings (SSSR count). The average molecular weight is 189 g/mol. The minimum Gasteiger partial charge on any atom is -0.392 e. The van der Waals surface area contributed by atoms with E-state index in [1.54, 1.807) is 0 Å². The van der Waals surface area contributed by atoms with Crippen LogP contribution in [0.15, 0.2) is 0 Å². The Kier molecular flexibility index (Phi) is 4.40. The van der Waals surface area contributed by atoms with Crippen molar-refractivity contribution in [2.24, 2.45) is 5.73 Å². The number of hydrogen-bond acceptors (Lipinski definition) is 3. The summed E-state index contributed by atoms with van der Waals surface area (Å²) < 4.78 is 0. The SMILES string of the molecule is CC(N)CSC1CCCCC1O. The number of thioether (sulfide) groups is 1.